The molecule has 2 rings (SSSR count). The van der Waals surface area contributed by atoms with Gasteiger partial charge in [-0.3, -0.25) is 0 Å². The molecule has 3 heteroatoms. The largest absolute Gasteiger partial charge is 0.220 e. The minimum Gasteiger partial charge on any atom is -0.220 e. The van der Waals surface area contributed by atoms with Gasteiger partial charge in [-0.05, 0) is 29.0 Å². The first kappa shape index (κ1) is 16.4. The molecule has 0 aliphatic heterocycles. The van der Waals surface area contributed by atoms with Crippen molar-refractivity contribution < 1.29 is 0 Å². The number of aromatic nitrogens is 3. The highest BCUT2D eigenvalue weighted by atomic mass is 15.4. The Labute approximate surface area is 123 Å². The fraction of sp³-hybridized carbons (Fsp3) is 0.529. The summed E-state index contributed by atoms with van der Waals surface area (Å²) in [5.41, 5.74) is 3.59. The summed E-state index contributed by atoms with van der Waals surface area (Å²) >= 11 is 0. The van der Waals surface area contributed by atoms with E-state index in [9.17, 15) is 0 Å². The lowest BCUT2D eigenvalue weighted by Crippen LogP contribution is -2.10. The number of nitrogens with zero attached hydrogens (tertiary/aromatic N) is 3. The van der Waals surface area contributed by atoms with Crippen molar-refractivity contribution in [3.8, 4) is 5.69 Å². The molecular formula is C17H27N3. The molecule has 0 aliphatic rings. The van der Waals surface area contributed by atoms with Crippen LogP contribution < -0.4 is 0 Å². The van der Waals surface area contributed by atoms with Crippen molar-refractivity contribution in [2.24, 2.45) is 0 Å². The molecule has 20 heavy (non-hydrogen) atoms. The van der Waals surface area contributed by atoms with Crippen molar-refractivity contribution in [3.05, 3.63) is 41.7 Å². The Morgan fingerprint density at radius 1 is 1.00 bits per heavy atom. The zero-order chi connectivity index (χ0) is 15.3. The van der Waals surface area contributed by atoms with Crippen molar-refractivity contribution in [1.29, 1.82) is 0 Å². The van der Waals surface area contributed by atoms with Crippen molar-refractivity contribution >= 4 is 0 Å². The average molecular weight is 273 g/mol. The lowest BCUT2D eigenvalue weighted by atomic mass is 9.87. The highest BCUT2D eigenvalue weighted by Gasteiger charge is 2.13. The monoisotopic (exact) mass is 273 g/mol. The molecule has 1 aromatic carbocycles. The van der Waals surface area contributed by atoms with Crippen LogP contribution in [0.4, 0.5) is 0 Å². The van der Waals surface area contributed by atoms with E-state index >= 15 is 0 Å². The van der Waals surface area contributed by atoms with E-state index in [0.29, 0.717) is 5.92 Å². The van der Waals surface area contributed by atoms with Crippen molar-refractivity contribution in [2.45, 2.75) is 59.8 Å². The van der Waals surface area contributed by atoms with E-state index in [-0.39, 0.29) is 5.41 Å². The van der Waals surface area contributed by atoms with Gasteiger partial charge in [0.1, 0.15) is 0 Å². The van der Waals surface area contributed by atoms with Gasteiger partial charge in [0, 0.05) is 0 Å². The molecule has 0 radical (unpaired) electrons. The van der Waals surface area contributed by atoms with Gasteiger partial charge in [-0.1, -0.05) is 65.8 Å². The lowest BCUT2D eigenvalue weighted by Gasteiger charge is -2.19. The first-order valence-corrected chi connectivity index (χ1v) is 7.41. The summed E-state index contributed by atoms with van der Waals surface area (Å²) < 4.78 is 1.84. The van der Waals surface area contributed by atoms with Crippen LogP contribution in [0.2, 0.25) is 0 Å². The van der Waals surface area contributed by atoms with Crippen LogP contribution in [0.25, 0.3) is 5.69 Å². The fourth-order valence-electron chi connectivity index (χ4n) is 1.78. The van der Waals surface area contributed by atoms with Gasteiger partial charge in [-0.2, -0.15) is 0 Å². The van der Waals surface area contributed by atoms with Crippen LogP contribution in [-0.2, 0) is 5.41 Å². The highest BCUT2D eigenvalue weighted by Crippen LogP contribution is 2.23. The lowest BCUT2D eigenvalue weighted by molar-refractivity contribution is 0.590. The molecule has 1 aromatic heterocycles. The summed E-state index contributed by atoms with van der Waals surface area (Å²) in [6.07, 6.45) is 2.00. The third-order valence-corrected chi connectivity index (χ3v) is 3.10. The standard InChI is InChI=1S/C15H21N3.C2H6/c1-11(2)14-10-18(17-16-14)13-8-6-12(7-9-13)15(3,4)5;1-2/h6-11H,1-5H3;1-2H3. The highest BCUT2D eigenvalue weighted by molar-refractivity contribution is 5.36. The Morgan fingerprint density at radius 3 is 1.95 bits per heavy atom. The Kier molecular flexibility index (Phi) is 5.49. The molecule has 0 saturated carbocycles. The molecule has 1 heterocycles. The minimum absolute atomic E-state index is 0.185. The van der Waals surface area contributed by atoms with Crippen LogP contribution in [0.3, 0.4) is 0 Å². The first-order valence-electron chi connectivity index (χ1n) is 7.41. The average Bonchev–Trinajstić information content (AvgIpc) is 2.90. The summed E-state index contributed by atoms with van der Waals surface area (Å²) in [5.74, 6) is 0.410. The number of rotatable bonds is 2. The van der Waals surface area contributed by atoms with Crippen LogP contribution in [0, 0.1) is 0 Å². The maximum atomic E-state index is 4.18. The minimum atomic E-state index is 0.185. The van der Waals surface area contributed by atoms with Gasteiger partial charge < -0.3 is 0 Å². The van der Waals surface area contributed by atoms with Crippen LogP contribution >= 0.6 is 0 Å². The van der Waals surface area contributed by atoms with Gasteiger partial charge in [0.25, 0.3) is 0 Å². The van der Waals surface area contributed by atoms with Crippen molar-refractivity contribution in [2.75, 3.05) is 0 Å². The van der Waals surface area contributed by atoms with Gasteiger partial charge in [-0.25, -0.2) is 4.68 Å². The predicted molar refractivity (Wildman–Crippen MR) is 85.5 cm³/mol. The maximum Gasteiger partial charge on any atom is 0.0857 e. The van der Waals surface area contributed by atoms with Crippen LogP contribution in [0.1, 0.15) is 65.6 Å². The maximum absolute atomic E-state index is 4.18. The quantitative estimate of drug-likeness (QED) is 0.793. The molecule has 0 bridgehead atoms. The SMILES string of the molecule is CC.CC(C)c1cn(-c2ccc(C(C)(C)C)cc2)nn1. The second-order valence-corrected chi connectivity index (χ2v) is 6.04. The summed E-state index contributed by atoms with van der Waals surface area (Å²) in [7, 11) is 0. The summed E-state index contributed by atoms with van der Waals surface area (Å²) in [6.45, 7) is 14.9. The molecule has 0 aliphatic carbocycles. The van der Waals surface area contributed by atoms with E-state index in [1.165, 1.54) is 5.56 Å². The van der Waals surface area contributed by atoms with E-state index in [4.69, 9.17) is 0 Å². The Balaban J connectivity index is 0.000000956. The summed E-state index contributed by atoms with van der Waals surface area (Å²) in [6, 6.07) is 8.51. The van der Waals surface area contributed by atoms with E-state index in [0.717, 1.165) is 11.4 Å². The molecule has 110 valence electrons. The number of hydrogen-bond donors (Lipinski definition) is 0. The van der Waals surface area contributed by atoms with Crippen LogP contribution in [-0.4, -0.2) is 15.0 Å². The fourth-order valence-corrected chi connectivity index (χ4v) is 1.78. The molecule has 0 saturated heterocycles. The molecule has 0 unspecified atom stereocenters. The van der Waals surface area contributed by atoms with Crippen LogP contribution in [0.5, 0.6) is 0 Å². The predicted octanol–water partition coefficient (Wildman–Crippen LogP) is 4.71. The smallest absolute Gasteiger partial charge is 0.0857 e. The van der Waals surface area contributed by atoms with E-state index in [1.54, 1.807) is 0 Å². The van der Waals surface area contributed by atoms with Crippen LogP contribution in [0.15, 0.2) is 30.5 Å². The molecule has 0 spiro atoms. The normalized spacial score (nSPS) is 11.2. The number of benzene rings is 1. The van der Waals surface area contributed by atoms with Crippen molar-refractivity contribution in [3.63, 3.8) is 0 Å². The molecule has 2 aromatic rings. The van der Waals surface area contributed by atoms with E-state index in [1.807, 2.05) is 24.7 Å². The van der Waals surface area contributed by atoms with Crippen molar-refractivity contribution in [1.82, 2.24) is 15.0 Å². The molecule has 0 amide bonds. The summed E-state index contributed by atoms with van der Waals surface area (Å²) in [5, 5.41) is 8.34. The Bertz CT molecular complexity index is 516. The molecule has 3 nitrogen and oxygen atoms in total. The molecule has 0 fully saturated rings. The topological polar surface area (TPSA) is 30.7 Å². The second kappa shape index (κ2) is 6.69. The van der Waals surface area contributed by atoms with Gasteiger partial charge in [0.05, 0.1) is 17.6 Å². The number of hydrogen-bond acceptors (Lipinski definition) is 2. The Morgan fingerprint density at radius 2 is 1.55 bits per heavy atom. The van der Waals surface area contributed by atoms with Gasteiger partial charge in [0.2, 0.25) is 0 Å². The van der Waals surface area contributed by atoms with Gasteiger partial charge in [-0.15, -0.1) is 5.10 Å². The van der Waals surface area contributed by atoms with Gasteiger partial charge in [0.15, 0.2) is 0 Å². The van der Waals surface area contributed by atoms with E-state index in [2.05, 4.69) is 69.2 Å². The first-order chi connectivity index (χ1) is 9.38. The molecule has 0 N–H and O–H groups in total. The zero-order valence-electron chi connectivity index (χ0n) is 13.8. The third-order valence-electron chi connectivity index (χ3n) is 3.10. The molecular weight excluding hydrogens is 246 g/mol. The second-order valence-electron chi connectivity index (χ2n) is 6.04. The zero-order valence-corrected chi connectivity index (χ0v) is 13.8. The van der Waals surface area contributed by atoms with Gasteiger partial charge >= 0.3 is 0 Å². The van der Waals surface area contributed by atoms with E-state index < -0.39 is 0 Å². The summed E-state index contributed by atoms with van der Waals surface area (Å²) in [4.78, 5) is 0. The third kappa shape index (κ3) is 3.92. The Hall–Kier alpha value is -1.64. The molecule has 0 atom stereocenters.